The lowest BCUT2D eigenvalue weighted by Crippen LogP contribution is -2.13. The minimum Gasteiger partial charge on any atom is -0.460 e. The Hall–Kier alpha value is -0.900. The number of aromatic nitrogens is 1. The molecule has 1 rings (SSSR count). The van der Waals surface area contributed by atoms with E-state index in [9.17, 15) is 4.79 Å². The van der Waals surface area contributed by atoms with Crippen molar-refractivity contribution in [3.63, 3.8) is 0 Å². The van der Waals surface area contributed by atoms with Gasteiger partial charge in [-0.1, -0.05) is 20.8 Å². The molecule has 1 aromatic rings. The lowest BCUT2D eigenvalue weighted by atomic mass is 9.95. The van der Waals surface area contributed by atoms with Gasteiger partial charge in [-0.2, -0.15) is 0 Å². The van der Waals surface area contributed by atoms with Crippen molar-refractivity contribution in [1.82, 2.24) is 4.98 Å². The minimum absolute atomic E-state index is 0.121. The van der Waals surface area contributed by atoms with Gasteiger partial charge in [0, 0.05) is 12.6 Å². The highest BCUT2D eigenvalue weighted by Crippen LogP contribution is 2.15. The number of esters is 1. The van der Waals surface area contributed by atoms with Gasteiger partial charge in [0.05, 0.1) is 10.4 Å². The van der Waals surface area contributed by atoms with Crippen molar-refractivity contribution < 1.29 is 9.53 Å². The Morgan fingerprint density at radius 3 is 2.80 bits per heavy atom. The topological polar surface area (TPSA) is 39.2 Å². The molecule has 0 aliphatic rings. The second-order valence-corrected chi connectivity index (χ2v) is 5.02. The van der Waals surface area contributed by atoms with Crippen LogP contribution < -0.4 is 0 Å². The molecule has 15 heavy (non-hydrogen) atoms. The summed E-state index contributed by atoms with van der Waals surface area (Å²) in [5.41, 5.74) is 1.74. The zero-order valence-corrected chi connectivity index (χ0v) is 10.2. The van der Waals surface area contributed by atoms with Crippen LogP contribution in [0, 0.1) is 11.8 Å². The third kappa shape index (κ3) is 4.42. The first-order valence-corrected chi connectivity index (χ1v) is 6.00. The standard InChI is InChI=1S/C11H17NO2S/c1-8(2)9(3)4-11(13)14-6-10-5-12-7-15-10/h5,7-9H,4,6H2,1-3H3. The van der Waals surface area contributed by atoms with Crippen LogP contribution in [0.2, 0.25) is 0 Å². The van der Waals surface area contributed by atoms with E-state index in [0.29, 0.717) is 24.9 Å². The van der Waals surface area contributed by atoms with Gasteiger partial charge in [-0.25, -0.2) is 0 Å². The van der Waals surface area contributed by atoms with E-state index in [2.05, 4.69) is 25.8 Å². The van der Waals surface area contributed by atoms with Crippen LogP contribution in [0.15, 0.2) is 11.7 Å². The quantitative estimate of drug-likeness (QED) is 0.726. The molecule has 3 nitrogen and oxygen atoms in total. The molecule has 0 amide bonds. The van der Waals surface area contributed by atoms with Crippen LogP contribution in [0.1, 0.15) is 32.1 Å². The highest BCUT2D eigenvalue weighted by Gasteiger charge is 2.13. The number of thiazole rings is 1. The van der Waals surface area contributed by atoms with Crippen LogP contribution in [-0.2, 0) is 16.1 Å². The molecule has 0 aromatic carbocycles. The summed E-state index contributed by atoms with van der Waals surface area (Å²) in [6.07, 6.45) is 2.22. The molecule has 0 aliphatic heterocycles. The van der Waals surface area contributed by atoms with E-state index < -0.39 is 0 Å². The summed E-state index contributed by atoms with van der Waals surface area (Å²) < 4.78 is 5.14. The molecule has 1 unspecified atom stereocenters. The number of ether oxygens (including phenoxy) is 1. The summed E-state index contributed by atoms with van der Waals surface area (Å²) in [7, 11) is 0. The number of hydrogen-bond acceptors (Lipinski definition) is 4. The van der Waals surface area contributed by atoms with Crippen molar-refractivity contribution >= 4 is 17.3 Å². The van der Waals surface area contributed by atoms with Gasteiger partial charge in [0.1, 0.15) is 6.61 Å². The first-order valence-electron chi connectivity index (χ1n) is 5.12. The van der Waals surface area contributed by atoms with Crippen molar-refractivity contribution in [2.75, 3.05) is 0 Å². The van der Waals surface area contributed by atoms with Crippen LogP contribution in [-0.4, -0.2) is 11.0 Å². The molecule has 1 atom stereocenters. The van der Waals surface area contributed by atoms with Crippen LogP contribution >= 0.6 is 11.3 Å². The molecule has 0 bridgehead atoms. The summed E-state index contributed by atoms with van der Waals surface area (Å²) in [6, 6.07) is 0. The maximum absolute atomic E-state index is 11.4. The van der Waals surface area contributed by atoms with Gasteiger partial charge < -0.3 is 4.74 Å². The molecule has 0 saturated carbocycles. The van der Waals surface area contributed by atoms with E-state index in [4.69, 9.17) is 4.74 Å². The molecule has 84 valence electrons. The summed E-state index contributed by atoms with van der Waals surface area (Å²) in [4.78, 5) is 16.3. The number of rotatable bonds is 5. The minimum atomic E-state index is -0.121. The summed E-state index contributed by atoms with van der Waals surface area (Å²) in [5, 5.41) is 0. The Morgan fingerprint density at radius 1 is 1.53 bits per heavy atom. The molecule has 0 saturated heterocycles. The van der Waals surface area contributed by atoms with Gasteiger partial charge in [0.15, 0.2) is 0 Å². The average molecular weight is 227 g/mol. The molecule has 1 aromatic heterocycles. The number of carbonyl (C=O) groups is 1. The molecule has 0 aliphatic carbocycles. The third-order valence-electron chi connectivity index (χ3n) is 2.49. The van der Waals surface area contributed by atoms with Gasteiger partial charge in [-0.3, -0.25) is 9.78 Å². The van der Waals surface area contributed by atoms with Gasteiger partial charge >= 0.3 is 5.97 Å². The van der Waals surface area contributed by atoms with E-state index in [0.717, 1.165) is 4.88 Å². The fourth-order valence-corrected chi connectivity index (χ4v) is 1.53. The van der Waals surface area contributed by atoms with Gasteiger partial charge in [0.25, 0.3) is 0 Å². The smallest absolute Gasteiger partial charge is 0.306 e. The highest BCUT2D eigenvalue weighted by molar-refractivity contribution is 7.09. The number of nitrogens with zero attached hydrogens (tertiary/aromatic N) is 1. The van der Waals surface area contributed by atoms with Gasteiger partial charge in [-0.05, 0) is 11.8 Å². The summed E-state index contributed by atoms with van der Waals surface area (Å²) in [5.74, 6) is 0.768. The summed E-state index contributed by atoms with van der Waals surface area (Å²) >= 11 is 1.50. The van der Waals surface area contributed by atoms with E-state index >= 15 is 0 Å². The van der Waals surface area contributed by atoms with Crippen LogP contribution in [0.25, 0.3) is 0 Å². The zero-order valence-electron chi connectivity index (χ0n) is 9.40. The third-order valence-corrected chi connectivity index (χ3v) is 3.24. The molecule has 0 N–H and O–H groups in total. The van der Waals surface area contributed by atoms with Gasteiger partial charge in [0.2, 0.25) is 0 Å². The second-order valence-electron chi connectivity index (χ2n) is 4.05. The maximum Gasteiger partial charge on any atom is 0.306 e. The largest absolute Gasteiger partial charge is 0.460 e. The maximum atomic E-state index is 11.4. The fourth-order valence-electron chi connectivity index (χ4n) is 1.02. The average Bonchev–Trinajstić information content (AvgIpc) is 2.66. The van der Waals surface area contributed by atoms with Crippen molar-refractivity contribution in [2.24, 2.45) is 11.8 Å². The van der Waals surface area contributed by atoms with E-state index in [1.807, 2.05) is 0 Å². The van der Waals surface area contributed by atoms with Crippen molar-refractivity contribution in [3.8, 4) is 0 Å². The van der Waals surface area contributed by atoms with Gasteiger partial charge in [-0.15, -0.1) is 11.3 Å². The molecule has 1 heterocycles. The Kier molecular flexibility index (Phi) is 4.75. The Morgan fingerprint density at radius 2 is 2.27 bits per heavy atom. The van der Waals surface area contributed by atoms with Crippen molar-refractivity contribution in [1.29, 1.82) is 0 Å². The first kappa shape index (κ1) is 12.2. The Balaban J connectivity index is 2.25. The zero-order chi connectivity index (χ0) is 11.3. The van der Waals surface area contributed by atoms with Crippen LogP contribution in [0.5, 0.6) is 0 Å². The van der Waals surface area contributed by atoms with Crippen molar-refractivity contribution in [3.05, 3.63) is 16.6 Å². The SMILES string of the molecule is CC(C)C(C)CC(=O)OCc1cncs1. The molecule has 0 radical (unpaired) electrons. The van der Waals surface area contributed by atoms with E-state index in [-0.39, 0.29) is 5.97 Å². The Bertz CT molecular complexity index is 296. The predicted molar refractivity (Wildman–Crippen MR) is 60.5 cm³/mol. The molecular formula is C11H17NO2S. The molecular weight excluding hydrogens is 210 g/mol. The fraction of sp³-hybridized carbons (Fsp3) is 0.636. The van der Waals surface area contributed by atoms with Crippen molar-refractivity contribution in [2.45, 2.75) is 33.8 Å². The summed E-state index contributed by atoms with van der Waals surface area (Å²) in [6.45, 7) is 6.65. The normalized spacial score (nSPS) is 12.8. The van der Waals surface area contributed by atoms with Crippen LogP contribution in [0.3, 0.4) is 0 Å². The van der Waals surface area contributed by atoms with E-state index in [1.165, 1.54) is 11.3 Å². The van der Waals surface area contributed by atoms with Crippen LogP contribution in [0.4, 0.5) is 0 Å². The Labute approximate surface area is 94.5 Å². The second kappa shape index (κ2) is 5.85. The lowest BCUT2D eigenvalue weighted by molar-refractivity contribution is -0.146. The predicted octanol–water partition coefficient (Wildman–Crippen LogP) is 2.87. The highest BCUT2D eigenvalue weighted by atomic mass is 32.1. The van der Waals surface area contributed by atoms with E-state index in [1.54, 1.807) is 11.7 Å². The molecule has 0 spiro atoms. The first-order chi connectivity index (χ1) is 7.09. The number of hydrogen-bond donors (Lipinski definition) is 0. The monoisotopic (exact) mass is 227 g/mol. The lowest BCUT2D eigenvalue weighted by Gasteiger charge is -2.13. The number of carbonyl (C=O) groups excluding carboxylic acids is 1. The molecule has 0 fully saturated rings. The molecule has 4 heteroatoms.